The van der Waals surface area contributed by atoms with E-state index in [-0.39, 0.29) is 23.9 Å². The van der Waals surface area contributed by atoms with E-state index in [1.807, 2.05) is 44.3 Å². The van der Waals surface area contributed by atoms with Gasteiger partial charge in [-0.05, 0) is 18.1 Å². The molecule has 7 nitrogen and oxygen atoms in total. The molecule has 1 aliphatic rings. The fourth-order valence-corrected chi connectivity index (χ4v) is 3.98. The van der Waals surface area contributed by atoms with Crippen LogP contribution in [0.15, 0.2) is 52.8 Å². The van der Waals surface area contributed by atoms with Crippen molar-refractivity contribution in [2.45, 2.75) is 38.0 Å². The van der Waals surface area contributed by atoms with Crippen LogP contribution in [0.25, 0.3) is 11.3 Å². The molecule has 0 saturated carbocycles. The summed E-state index contributed by atoms with van der Waals surface area (Å²) in [7, 11) is 0. The molecule has 1 aliphatic heterocycles. The predicted octanol–water partition coefficient (Wildman–Crippen LogP) is 2.97. The first-order chi connectivity index (χ1) is 13.5. The number of hydrogen-bond donors (Lipinski definition) is 1. The van der Waals surface area contributed by atoms with Crippen molar-refractivity contribution in [3.05, 3.63) is 58.9 Å². The monoisotopic (exact) mass is 395 g/mol. The van der Waals surface area contributed by atoms with Gasteiger partial charge in [0.25, 0.3) is 5.56 Å². The maximum absolute atomic E-state index is 12.4. The summed E-state index contributed by atoms with van der Waals surface area (Å²) in [5.74, 6) is 0.952. The first-order valence-electron chi connectivity index (χ1n) is 9.16. The van der Waals surface area contributed by atoms with Gasteiger partial charge in [0, 0.05) is 35.8 Å². The molecule has 0 unspecified atom stereocenters. The molecule has 0 bridgehead atoms. The lowest BCUT2D eigenvalue weighted by molar-refractivity contribution is -0.116. The lowest BCUT2D eigenvalue weighted by Crippen LogP contribution is -2.28. The molecule has 28 heavy (non-hydrogen) atoms. The van der Waals surface area contributed by atoms with E-state index in [0.29, 0.717) is 5.69 Å². The Bertz CT molecular complexity index is 1060. The third kappa shape index (κ3) is 3.87. The van der Waals surface area contributed by atoms with Gasteiger partial charge in [0.1, 0.15) is 6.54 Å². The highest BCUT2D eigenvalue weighted by Crippen LogP contribution is 2.29. The van der Waals surface area contributed by atoms with E-state index in [1.165, 1.54) is 17.0 Å². The summed E-state index contributed by atoms with van der Waals surface area (Å²) >= 11 is 1.75. The Morgan fingerprint density at radius 2 is 2.18 bits per heavy atom. The van der Waals surface area contributed by atoms with Crippen LogP contribution in [-0.2, 0) is 17.9 Å². The van der Waals surface area contributed by atoms with Crippen molar-refractivity contribution in [2.75, 3.05) is 11.1 Å². The average molecular weight is 395 g/mol. The zero-order chi connectivity index (χ0) is 19.7. The molecule has 8 heteroatoms. The minimum atomic E-state index is -0.277. The topological polar surface area (TPSA) is 81.8 Å². The number of imidazole rings is 1. The third-order valence-electron chi connectivity index (χ3n) is 4.55. The highest BCUT2D eigenvalue weighted by molar-refractivity contribution is 7.99. The Hall–Kier alpha value is -2.87. The normalized spacial score (nSPS) is 13.0. The second kappa shape index (κ2) is 7.63. The number of nitrogens with zero attached hydrogens (tertiary/aromatic N) is 4. The van der Waals surface area contributed by atoms with E-state index in [0.717, 1.165) is 34.4 Å². The van der Waals surface area contributed by atoms with E-state index in [4.69, 9.17) is 0 Å². The minimum absolute atomic E-state index is 0.0795. The van der Waals surface area contributed by atoms with Crippen molar-refractivity contribution < 1.29 is 4.79 Å². The smallest absolute Gasteiger partial charge is 0.254 e. The number of rotatable bonds is 5. The quantitative estimate of drug-likeness (QED) is 0.718. The van der Waals surface area contributed by atoms with Crippen LogP contribution in [0.1, 0.15) is 25.5 Å². The van der Waals surface area contributed by atoms with Crippen LogP contribution >= 0.6 is 11.8 Å². The fraction of sp³-hybridized carbons (Fsp3) is 0.300. The average Bonchev–Trinajstić information content (AvgIpc) is 3.25. The van der Waals surface area contributed by atoms with Crippen molar-refractivity contribution in [1.82, 2.24) is 19.1 Å². The van der Waals surface area contributed by atoms with Crippen molar-refractivity contribution in [1.29, 1.82) is 0 Å². The van der Waals surface area contributed by atoms with Gasteiger partial charge in [-0.25, -0.2) is 9.97 Å². The number of aromatic nitrogens is 4. The minimum Gasteiger partial charge on any atom is -0.325 e. The number of aryl methyl sites for hydroxylation is 1. The van der Waals surface area contributed by atoms with Crippen molar-refractivity contribution in [2.24, 2.45) is 0 Å². The molecular formula is C20H21N5O2S. The molecule has 0 atom stereocenters. The van der Waals surface area contributed by atoms with E-state index < -0.39 is 0 Å². The Labute approximate surface area is 166 Å². The van der Waals surface area contributed by atoms with Crippen LogP contribution in [0.4, 0.5) is 5.69 Å². The number of thioether (sulfide) groups is 1. The molecule has 3 aromatic rings. The van der Waals surface area contributed by atoms with Gasteiger partial charge >= 0.3 is 0 Å². The molecule has 1 amide bonds. The van der Waals surface area contributed by atoms with E-state index in [2.05, 4.69) is 19.9 Å². The Morgan fingerprint density at radius 1 is 1.32 bits per heavy atom. The SMILES string of the molecule is CC(C)c1cc(=O)n(CC(=O)Nc2cccc(-c3cn4c(n3)SCC4)c2)cn1. The van der Waals surface area contributed by atoms with Gasteiger partial charge in [-0.15, -0.1) is 0 Å². The van der Waals surface area contributed by atoms with Gasteiger partial charge in [0.05, 0.1) is 17.7 Å². The number of carbonyl (C=O) groups is 1. The second-order valence-corrected chi connectivity index (χ2v) is 8.08. The zero-order valence-electron chi connectivity index (χ0n) is 15.8. The third-order valence-corrected chi connectivity index (χ3v) is 5.52. The number of nitrogens with one attached hydrogen (secondary N) is 1. The first-order valence-corrected chi connectivity index (χ1v) is 10.1. The van der Waals surface area contributed by atoms with Gasteiger partial charge in [-0.3, -0.25) is 14.2 Å². The predicted molar refractivity (Wildman–Crippen MR) is 110 cm³/mol. The van der Waals surface area contributed by atoms with Gasteiger partial charge in [0.2, 0.25) is 5.91 Å². The highest BCUT2D eigenvalue weighted by atomic mass is 32.2. The zero-order valence-corrected chi connectivity index (χ0v) is 16.6. The van der Waals surface area contributed by atoms with Gasteiger partial charge in [-0.1, -0.05) is 37.7 Å². The van der Waals surface area contributed by atoms with E-state index in [1.54, 1.807) is 11.8 Å². The molecule has 0 fully saturated rings. The Balaban J connectivity index is 1.47. The highest BCUT2D eigenvalue weighted by Gasteiger charge is 2.15. The lowest BCUT2D eigenvalue weighted by atomic mass is 10.1. The van der Waals surface area contributed by atoms with Crippen LogP contribution in [0.3, 0.4) is 0 Å². The molecule has 1 aromatic carbocycles. The first kappa shape index (κ1) is 18.5. The largest absolute Gasteiger partial charge is 0.325 e. The van der Waals surface area contributed by atoms with Gasteiger partial charge in [0.15, 0.2) is 5.16 Å². The summed E-state index contributed by atoms with van der Waals surface area (Å²) in [5.41, 5.74) is 3.00. The molecule has 0 saturated heterocycles. The summed E-state index contributed by atoms with van der Waals surface area (Å²) in [6.07, 6.45) is 3.47. The van der Waals surface area contributed by atoms with Gasteiger partial charge < -0.3 is 9.88 Å². The lowest BCUT2D eigenvalue weighted by Gasteiger charge is -2.09. The molecule has 4 rings (SSSR count). The van der Waals surface area contributed by atoms with E-state index in [9.17, 15) is 9.59 Å². The number of anilines is 1. The number of amides is 1. The fourth-order valence-electron chi connectivity index (χ4n) is 3.03. The number of fused-ring (bicyclic) bond motifs is 1. The maximum atomic E-state index is 12.4. The van der Waals surface area contributed by atoms with Crippen molar-refractivity contribution in [3.63, 3.8) is 0 Å². The Kier molecular flexibility index (Phi) is 5.04. The standard InChI is InChI=1S/C20H21N5O2S/c1-13(2)16-9-19(27)25(12-21-16)11-18(26)22-15-5-3-4-14(8-15)17-10-24-6-7-28-20(24)23-17/h3-5,8-10,12-13H,6-7,11H2,1-2H3,(H,22,26). The van der Waals surface area contributed by atoms with Crippen LogP contribution < -0.4 is 10.9 Å². The summed E-state index contributed by atoms with van der Waals surface area (Å²) in [4.78, 5) is 33.5. The summed E-state index contributed by atoms with van der Waals surface area (Å²) in [6.45, 7) is 4.84. The second-order valence-electron chi connectivity index (χ2n) is 7.01. The van der Waals surface area contributed by atoms with Crippen molar-refractivity contribution >= 4 is 23.4 Å². The Morgan fingerprint density at radius 3 is 2.93 bits per heavy atom. The molecule has 1 N–H and O–H groups in total. The van der Waals surface area contributed by atoms with E-state index >= 15 is 0 Å². The van der Waals surface area contributed by atoms with Gasteiger partial charge in [-0.2, -0.15) is 0 Å². The van der Waals surface area contributed by atoms with Crippen LogP contribution in [0, 0.1) is 0 Å². The molecule has 2 aromatic heterocycles. The van der Waals surface area contributed by atoms with Crippen LogP contribution in [0.5, 0.6) is 0 Å². The molecule has 144 valence electrons. The number of benzene rings is 1. The summed E-state index contributed by atoms with van der Waals surface area (Å²) in [5, 5.41) is 3.88. The van der Waals surface area contributed by atoms with Crippen molar-refractivity contribution in [3.8, 4) is 11.3 Å². The molecule has 0 spiro atoms. The molecular weight excluding hydrogens is 374 g/mol. The summed E-state index contributed by atoms with van der Waals surface area (Å²) < 4.78 is 3.45. The summed E-state index contributed by atoms with van der Waals surface area (Å²) in [6, 6.07) is 9.05. The molecule has 3 heterocycles. The molecule has 0 radical (unpaired) electrons. The molecule has 0 aliphatic carbocycles. The number of carbonyl (C=O) groups excluding carboxylic acids is 1. The van der Waals surface area contributed by atoms with Crippen LogP contribution in [-0.4, -0.2) is 30.8 Å². The maximum Gasteiger partial charge on any atom is 0.254 e. The number of hydrogen-bond acceptors (Lipinski definition) is 5. The van der Waals surface area contributed by atoms with Crippen LogP contribution in [0.2, 0.25) is 0 Å².